The van der Waals surface area contributed by atoms with Crippen molar-refractivity contribution in [3.63, 3.8) is 0 Å². The van der Waals surface area contributed by atoms with Crippen LogP contribution in [0.15, 0.2) is 6.07 Å². The lowest BCUT2D eigenvalue weighted by molar-refractivity contribution is 0.533. The molecule has 1 rings (SSSR count). The molecule has 0 amide bonds. The Kier molecular flexibility index (Phi) is 2.41. The van der Waals surface area contributed by atoms with Gasteiger partial charge in [-0.3, -0.25) is 9.48 Å². The smallest absolute Gasteiger partial charge is 0.200 e. The quantitative estimate of drug-likeness (QED) is 0.646. The van der Waals surface area contributed by atoms with Crippen molar-refractivity contribution in [1.29, 1.82) is 0 Å². The zero-order valence-corrected chi connectivity index (χ0v) is 6.79. The first-order valence-corrected chi connectivity index (χ1v) is 3.60. The van der Waals surface area contributed by atoms with Crippen molar-refractivity contribution >= 4 is 6.29 Å². The summed E-state index contributed by atoms with van der Waals surface area (Å²) in [5.41, 5.74) is 2.09. The molecular formula is C8H11N2O. The van der Waals surface area contributed by atoms with Crippen LogP contribution in [-0.2, 0) is 11.3 Å². The summed E-state index contributed by atoms with van der Waals surface area (Å²) in [4.78, 5) is 9.93. The molecule has 1 heterocycles. The van der Waals surface area contributed by atoms with E-state index in [1.165, 1.54) is 0 Å². The minimum Gasteiger partial charge on any atom is -0.291 e. The Hall–Kier alpha value is -1.12. The topological polar surface area (TPSA) is 34.9 Å². The fraction of sp³-hybridized carbons (Fsp3) is 0.500. The normalized spacial score (nSPS) is 10.0. The first-order chi connectivity index (χ1) is 5.24. The van der Waals surface area contributed by atoms with Crippen molar-refractivity contribution in [3.05, 3.63) is 17.5 Å². The highest BCUT2D eigenvalue weighted by molar-refractivity contribution is 5.50. The molecule has 0 unspecified atom stereocenters. The van der Waals surface area contributed by atoms with E-state index in [9.17, 15) is 4.79 Å². The van der Waals surface area contributed by atoms with E-state index in [0.29, 0.717) is 13.0 Å². The SMILES string of the molecule is Cc1cc(C)n(CC[C]=O)n1. The summed E-state index contributed by atoms with van der Waals surface area (Å²) in [6, 6.07) is 1.99. The van der Waals surface area contributed by atoms with E-state index in [2.05, 4.69) is 5.10 Å². The van der Waals surface area contributed by atoms with Crippen LogP contribution < -0.4 is 0 Å². The standard InChI is InChI=1S/C8H11N2O/c1-7-6-8(2)10(9-7)4-3-5-11/h6H,3-4H2,1-2H3. The van der Waals surface area contributed by atoms with Gasteiger partial charge in [0, 0.05) is 18.7 Å². The van der Waals surface area contributed by atoms with Crippen molar-refractivity contribution in [2.45, 2.75) is 26.8 Å². The van der Waals surface area contributed by atoms with Crippen molar-refractivity contribution in [2.75, 3.05) is 0 Å². The molecule has 1 aromatic heterocycles. The fourth-order valence-corrected chi connectivity index (χ4v) is 1.05. The summed E-state index contributed by atoms with van der Waals surface area (Å²) >= 11 is 0. The predicted molar refractivity (Wildman–Crippen MR) is 42.0 cm³/mol. The molecular weight excluding hydrogens is 140 g/mol. The van der Waals surface area contributed by atoms with Gasteiger partial charge < -0.3 is 0 Å². The lowest BCUT2D eigenvalue weighted by atomic mass is 10.4. The summed E-state index contributed by atoms with van der Waals surface area (Å²) in [6.45, 7) is 4.56. The van der Waals surface area contributed by atoms with E-state index < -0.39 is 0 Å². The van der Waals surface area contributed by atoms with Gasteiger partial charge in [-0.05, 0) is 19.9 Å². The Morgan fingerprint density at radius 3 is 2.82 bits per heavy atom. The number of aryl methyl sites for hydroxylation is 3. The molecule has 0 N–H and O–H groups in total. The summed E-state index contributed by atoms with van der Waals surface area (Å²) in [7, 11) is 0. The zero-order chi connectivity index (χ0) is 8.27. The molecule has 3 nitrogen and oxygen atoms in total. The zero-order valence-electron chi connectivity index (χ0n) is 6.79. The van der Waals surface area contributed by atoms with Crippen LogP contribution in [-0.4, -0.2) is 16.1 Å². The highest BCUT2D eigenvalue weighted by Gasteiger charge is 1.98. The number of hydrogen-bond donors (Lipinski definition) is 0. The third kappa shape index (κ3) is 1.90. The summed E-state index contributed by atoms with van der Waals surface area (Å²) < 4.78 is 1.82. The number of hydrogen-bond acceptors (Lipinski definition) is 2. The van der Waals surface area contributed by atoms with Crippen LogP contribution in [0.2, 0.25) is 0 Å². The van der Waals surface area contributed by atoms with Crippen molar-refractivity contribution in [1.82, 2.24) is 9.78 Å². The maximum absolute atomic E-state index is 9.93. The lowest BCUT2D eigenvalue weighted by Gasteiger charge is -1.98. The van der Waals surface area contributed by atoms with Gasteiger partial charge in [0.15, 0.2) is 6.29 Å². The van der Waals surface area contributed by atoms with Gasteiger partial charge in [0.05, 0.1) is 5.69 Å². The number of carbonyl (C=O) groups excluding carboxylic acids is 1. The molecule has 0 fully saturated rings. The number of rotatable bonds is 3. The van der Waals surface area contributed by atoms with Crippen LogP contribution in [0.25, 0.3) is 0 Å². The third-order valence-electron chi connectivity index (χ3n) is 1.53. The Balaban J connectivity index is 2.69. The van der Waals surface area contributed by atoms with E-state index in [0.717, 1.165) is 11.4 Å². The minimum atomic E-state index is 0.419. The molecule has 0 saturated carbocycles. The van der Waals surface area contributed by atoms with Gasteiger partial charge >= 0.3 is 0 Å². The van der Waals surface area contributed by atoms with E-state index >= 15 is 0 Å². The molecule has 0 atom stereocenters. The monoisotopic (exact) mass is 151 g/mol. The highest BCUT2D eigenvalue weighted by Crippen LogP contribution is 2.01. The van der Waals surface area contributed by atoms with Crippen LogP contribution in [0.5, 0.6) is 0 Å². The summed E-state index contributed by atoms with van der Waals surface area (Å²) in [5, 5.41) is 4.19. The molecule has 1 radical (unpaired) electrons. The fourth-order valence-electron chi connectivity index (χ4n) is 1.05. The van der Waals surface area contributed by atoms with Crippen LogP contribution >= 0.6 is 0 Å². The third-order valence-corrected chi connectivity index (χ3v) is 1.53. The molecule has 0 aliphatic carbocycles. The minimum absolute atomic E-state index is 0.419. The molecule has 1 aromatic rings. The van der Waals surface area contributed by atoms with Crippen LogP contribution in [0.3, 0.4) is 0 Å². The van der Waals surface area contributed by atoms with Crippen molar-refractivity contribution in [2.24, 2.45) is 0 Å². The molecule has 0 bridgehead atoms. The average Bonchev–Trinajstić information content (AvgIpc) is 2.26. The van der Waals surface area contributed by atoms with Gasteiger partial charge in [0.1, 0.15) is 0 Å². The molecule has 3 heteroatoms. The van der Waals surface area contributed by atoms with Crippen LogP contribution in [0.1, 0.15) is 17.8 Å². The highest BCUT2D eigenvalue weighted by atomic mass is 16.1. The van der Waals surface area contributed by atoms with Gasteiger partial charge in [-0.15, -0.1) is 0 Å². The van der Waals surface area contributed by atoms with Gasteiger partial charge in [-0.2, -0.15) is 5.10 Å². The molecule has 11 heavy (non-hydrogen) atoms. The first-order valence-electron chi connectivity index (χ1n) is 3.60. The molecule has 0 saturated heterocycles. The molecule has 0 aromatic carbocycles. The van der Waals surface area contributed by atoms with E-state index in [4.69, 9.17) is 0 Å². The average molecular weight is 151 g/mol. The van der Waals surface area contributed by atoms with Crippen LogP contribution in [0, 0.1) is 13.8 Å². The summed E-state index contributed by atoms with van der Waals surface area (Å²) in [5.74, 6) is 0. The number of nitrogens with zero attached hydrogens (tertiary/aromatic N) is 2. The Labute approximate surface area is 66.0 Å². The van der Waals surface area contributed by atoms with E-state index in [1.54, 1.807) is 0 Å². The lowest BCUT2D eigenvalue weighted by Crippen LogP contribution is -2.02. The van der Waals surface area contributed by atoms with E-state index in [-0.39, 0.29) is 0 Å². The number of aromatic nitrogens is 2. The second-order valence-corrected chi connectivity index (χ2v) is 2.54. The van der Waals surface area contributed by atoms with Gasteiger partial charge in [-0.1, -0.05) is 0 Å². The molecule has 0 spiro atoms. The van der Waals surface area contributed by atoms with Crippen LogP contribution in [0.4, 0.5) is 0 Å². The Bertz CT molecular complexity index is 253. The maximum Gasteiger partial charge on any atom is 0.200 e. The van der Waals surface area contributed by atoms with Crippen molar-refractivity contribution < 1.29 is 4.79 Å². The largest absolute Gasteiger partial charge is 0.291 e. The van der Waals surface area contributed by atoms with E-state index in [1.807, 2.05) is 30.9 Å². The Morgan fingerprint density at radius 1 is 1.64 bits per heavy atom. The van der Waals surface area contributed by atoms with Gasteiger partial charge in [-0.25, -0.2) is 0 Å². The second-order valence-electron chi connectivity index (χ2n) is 2.54. The first kappa shape index (κ1) is 7.98. The predicted octanol–water partition coefficient (Wildman–Crippen LogP) is 1.000. The molecule has 0 aliphatic heterocycles. The maximum atomic E-state index is 9.93. The molecule has 59 valence electrons. The molecule has 0 aliphatic rings. The summed E-state index contributed by atoms with van der Waals surface area (Å²) in [6.07, 6.45) is 2.26. The van der Waals surface area contributed by atoms with Crippen molar-refractivity contribution in [3.8, 4) is 0 Å². The van der Waals surface area contributed by atoms with Gasteiger partial charge in [0.25, 0.3) is 0 Å². The second kappa shape index (κ2) is 3.32. The van der Waals surface area contributed by atoms with Gasteiger partial charge in [0.2, 0.25) is 0 Å². The Morgan fingerprint density at radius 2 is 2.36 bits per heavy atom.